The molecule has 92 valence electrons. The third-order valence-electron chi connectivity index (χ3n) is 3.87. The van der Waals surface area contributed by atoms with E-state index in [0.29, 0.717) is 6.42 Å². The minimum absolute atomic E-state index is 0.0352. The Balaban J connectivity index is 1.66. The second-order valence-electron chi connectivity index (χ2n) is 5.38. The summed E-state index contributed by atoms with van der Waals surface area (Å²) in [5.74, 6) is -0.0352. The Hall–Kier alpha value is -1.82. The molecule has 1 aromatic rings. The molecule has 18 heavy (non-hydrogen) atoms. The van der Waals surface area contributed by atoms with E-state index in [0.717, 1.165) is 24.8 Å². The Kier molecular flexibility index (Phi) is 2.59. The maximum Gasteiger partial charge on any atom is 0.225 e. The summed E-state index contributed by atoms with van der Waals surface area (Å²) in [5.41, 5.74) is 3.33. The van der Waals surface area contributed by atoms with Gasteiger partial charge in [0.15, 0.2) is 0 Å². The van der Waals surface area contributed by atoms with Crippen molar-refractivity contribution in [2.45, 2.75) is 44.1 Å². The number of nitriles is 1. The monoisotopic (exact) mass is 240 g/mol. The molecule has 2 aliphatic rings. The highest BCUT2D eigenvalue weighted by atomic mass is 16.1. The number of carbonyl (C=O) groups excluding carboxylic acids is 1. The lowest BCUT2D eigenvalue weighted by atomic mass is 10.0. The van der Waals surface area contributed by atoms with Gasteiger partial charge in [-0.3, -0.25) is 4.79 Å². The molecule has 0 radical (unpaired) electrons. The summed E-state index contributed by atoms with van der Waals surface area (Å²) < 4.78 is 0. The predicted octanol–water partition coefficient (Wildman–Crippen LogP) is 1.89. The van der Waals surface area contributed by atoms with Gasteiger partial charge in [0.05, 0.1) is 12.5 Å². The number of aryl methyl sites for hydroxylation is 2. The highest BCUT2D eigenvalue weighted by Gasteiger charge is 2.44. The number of carbonyl (C=O) groups is 1. The van der Waals surface area contributed by atoms with Gasteiger partial charge in [-0.15, -0.1) is 0 Å². The van der Waals surface area contributed by atoms with Gasteiger partial charge in [-0.25, -0.2) is 0 Å². The molecule has 0 saturated heterocycles. The number of benzene rings is 1. The molecule has 0 unspecified atom stereocenters. The van der Waals surface area contributed by atoms with Crippen molar-refractivity contribution in [1.82, 2.24) is 5.32 Å². The molecule has 0 aliphatic heterocycles. The summed E-state index contributed by atoms with van der Waals surface area (Å²) in [6.45, 7) is 0. The van der Waals surface area contributed by atoms with E-state index < -0.39 is 5.54 Å². The number of rotatable bonds is 3. The Morgan fingerprint density at radius 1 is 1.33 bits per heavy atom. The zero-order chi connectivity index (χ0) is 12.6. The number of nitrogens with one attached hydrogen (secondary N) is 1. The number of hydrogen-bond acceptors (Lipinski definition) is 2. The summed E-state index contributed by atoms with van der Waals surface area (Å²) in [5, 5.41) is 11.8. The van der Waals surface area contributed by atoms with Crippen LogP contribution in [0.1, 0.15) is 36.0 Å². The molecule has 2 aliphatic carbocycles. The largest absolute Gasteiger partial charge is 0.338 e. The zero-order valence-corrected chi connectivity index (χ0v) is 10.3. The van der Waals surface area contributed by atoms with Gasteiger partial charge in [0.1, 0.15) is 5.54 Å². The third-order valence-corrected chi connectivity index (χ3v) is 3.87. The van der Waals surface area contributed by atoms with Crippen LogP contribution in [0, 0.1) is 11.3 Å². The van der Waals surface area contributed by atoms with Crippen LogP contribution in [0.4, 0.5) is 0 Å². The van der Waals surface area contributed by atoms with Crippen molar-refractivity contribution >= 4 is 5.91 Å². The smallest absolute Gasteiger partial charge is 0.225 e. The summed E-state index contributed by atoms with van der Waals surface area (Å²) in [6.07, 6.45) is 5.49. The zero-order valence-electron chi connectivity index (χ0n) is 10.3. The van der Waals surface area contributed by atoms with Crippen LogP contribution < -0.4 is 5.32 Å². The van der Waals surface area contributed by atoms with Crippen LogP contribution in [0.3, 0.4) is 0 Å². The molecule has 0 aromatic heterocycles. The first kappa shape index (κ1) is 11.3. The molecule has 1 saturated carbocycles. The topological polar surface area (TPSA) is 52.9 Å². The van der Waals surface area contributed by atoms with Gasteiger partial charge in [-0.1, -0.05) is 18.2 Å². The third kappa shape index (κ3) is 2.11. The van der Waals surface area contributed by atoms with Gasteiger partial charge in [0.25, 0.3) is 0 Å². The van der Waals surface area contributed by atoms with E-state index in [9.17, 15) is 4.79 Å². The van der Waals surface area contributed by atoms with Gasteiger partial charge in [0, 0.05) is 0 Å². The lowest BCUT2D eigenvalue weighted by Gasteiger charge is -2.09. The van der Waals surface area contributed by atoms with Gasteiger partial charge < -0.3 is 5.32 Å². The normalized spacial score (nSPS) is 18.8. The fourth-order valence-corrected chi connectivity index (χ4v) is 2.62. The number of fused-ring (bicyclic) bond motifs is 1. The molecular weight excluding hydrogens is 224 g/mol. The van der Waals surface area contributed by atoms with E-state index in [2.05, 4.69) is 23.5 Å². The van der Waals surface area contributed by atoms with Crippen molar-refractivity contribution < 1.29 is 4.79 Å². The number of nitrogens with zero attached hydrogens (tertiary/aromatic N) is 1. The first-order chi connectivity index (χ1) is 8.71. The van der Waals surface area contributed by atoms with E-state index in [4.69, 9.17) is 5.26 Å². The van der Waals surface area contributed by atoms with Crippen molar-refractivity contribution in [3.8, 4) is 6.07 Å². The molecule has 3 heteroatoms. The second-order valence-corrected chi connectivity index (χ2v) is 5.38. The summed E-state index contributed by atoms with van der Waals surface area (Å²) >= 11 is 0. The molecule has 1 N–H and O–H groups in total. The Labute approximate surface area is 107 Å². The van der Waals surface area contributed by atoms with Crippen LogP contribution in [0.25, 0.3) is 0 Å². The minimum Gasteiger partial charge on any atom is -0.338 e. The highest BCUT2D eigenvalue weighted by molar-refractivity contribution is 5.80. The maximum atomic E-state index is 11.9. The van der Waals surface area contributed by atoms with Gasteiger partial charge in [0.2, 0.25) is 5.91 Å². The second kappa shape index (κ2) is 4.13. The molecule has 3 nitrogen and oxygen atoms in total. The number of amides is 1. The molecule has 0 bridgehead atoms. The molecule has 0 heterocycles. The SMILES string of the molecule is N#CC1(NC(=O)Cc2ccc3c(c2)CCC3)CC1. The van der Waals surface area contributed by atoms with E-state index in [-0.39, 0.29) is 5.91 Å². The fourth-order valence-electron chi connectivity index (χ4n) is 2.62. The van der Waals surface area contributed by atoms with Crippen LogP contribution in [-0.4, -0.2) is 11.4 Å². The lowest BCUT2D eigenvalue weighted by molar-refractivity contribution is -0.121. The van der Waals surface area contributed by atoms with Crippen molar-refractivity contribution in [3.63, 3.8) is 0 Å². The van der Waals surface area contributed by atoms with Crippen molar-refractivity contribution in [1.29, 1.82) is 5.26 Å². The Bertz CT molecular complexity index is 538. The summed E-state index contributed by atoms with van der Waals surface area (Å²) in [4.78, 5) is 11.9. The fraction of sp³-hybridized carbons (Fsp3) is 0.467. The van der Waals surface area contributed by atoms with Gasteiger partial charge in [-0.05, 0) is 48.8 Å². The molecule has 3 rings (SSSR count). The van der Waals surface area contributed by atoms with Crippen LogP contribution >= 0.6 is 0 Å². The summed E-state index contributed by atoms with van der Waals surface area (Å²) in [7, 11) is 0. The van der Waals surface area contributed by atoms with E-state index in [1.54, 1.807) is 0 Å². The standard InChI is InChI=1S/C15H16N2O/c16-10-15(6-7-15)17-14(18)9-11-4-5-12-2-1-3-13(12)8-11/h4-5,8H,1-3,6-7,9H2,(H,17,18). The maximum absolute atomic E-state index is 11.9. The highest BCUT2D eigenvalue weighted by Crippen LogP contribution is 2.34. The first-order valence-corrected chi connectivity index (χ1v) is 6.54. The van der Waals surface area contributed by atoms with E-state index in [1.807, 2.05) is 6.07 Å². The van der Waals surface area contributed by atoms with Crippen LogP contribution in [-0.2, 0) is 24.1 Å². The van der Waals surface area contributed by atoms with Crippen molar-refractivity contribution in [2.75, 3.05) is 0 Å². The quantitative estimate of drug-likeness (QED) is 0.877. The first-order valence-electron chi connectivity index (χ1n) is 6.54. The molecule has 1 fully saturated rings. The van der Waals surface area contributed by atoms with Crippen LogP contribution in [0.15, 0.2) is 18.2 Å². The number of hydrogen-bond donors (Lipinski definition) is 1. The lowest BCUT2D eigenvalue weighted by Crippen LogP contribution is -2.36. The van der Waals surface area contributed by atoms with Gasteiger partial charge >= 0.3 is 0 Å². The average molecular weight is 240 g/mol. The van der Waals surface area contributed by atoms with Crippen molar-refractivity contribution in [2.24, 2.45) is 0 Å². The van der Waals surface area contributed by atoms with E-state index in [1.165, 1.54) is 24.0 Å². The Morgan fingerprint density at radius 2 is 2.11 bits per heavy atom. The summed E-state index contributed by atoms with van der Waals surface area (Å²) in [6, 6.07) is 8.50. The van der Waals surface area contributed by atoms with Gasteiger partial charge in [-0.2, -0.15) is 5.26 Å². The molecule has 1 amide bonds. The average Bonchev–Trinajstić information content (AvgIpc) is 2.97. The van der Waals surface area contributed by atoms with Crippen molar-refractivity contribution in [3.05, 3.63) is 34.9 Å². The Morgan fingerprint density at radius 3 is 2.83 bits per heavy atom. The minimum atomic E-state index is -0.548. The van der Waals surface area contributed by atoms with E-state index >= 15 is 0 Å². The molecular formula is C15H16N2O. The molecule has 1 aromatic carbocycles. The van der Waals surface area contributed by atoms with Crippen LogP contribution in [0.5, 0.6) is 0 Å². The molecule has 0 spiro atoms. The molecule has 0 atom stereocenters. The van der Waals surface area contributed by atoms with Crippen LogP contribution in [0.2, 0.25) is 0 Å². The predicted molar refractivity (Wildman–Crippen MR) is 67.9 cm³/mol.